The number of carbonyl (C=O) groups is 1. The molecule has 0 atom stereocenters. The van der Waals surface area contributed by atoms with Gasteiger partial charge in [-0.3, -0.25) is 9.59 Å². The lowest BCUT2D eigenvalue weighted by atomic mass is 10.1. The third-order valence-electron chi connectivity index (χ3n) is 4.59. The minimum Gasteiger partial charge on any atom is -0.330 e. The molecule has 0 unspecified atom stereocenters. The second-order valence-electron chi connectivity index (χ2n) is 6.50. The monoisotopic (exact) mass is 354 g/mol. The number of nitrogens with zero attached hydrogens (tertiary/aromatic N) is 1. The average molecular weight is 354 g/mol. The van der Waals surface area contributed by atoms with E-state index in [9.17, 15) is 18.4 Å². The van der Waals surface area contributed by atoms with Crippen LogP contribution in [0, 0.1) is 11.6 Å². The molecule has 0 bridgehead atoms. The molecule has 132 valence electrons. The van der Waals surface area contributed by atoms with Crippen LogP contribution in [0.5, 0.6) is 0 Å². The fourth-order valence-corrected chi connectivity index (χ4v) is 3.07. The van der Waals surface area contributed by atoms with E-state index in [-0.39, 0.29) is 35.3 Å². The fourth-order valence-electron chi connectivity index (χ4n) is 3.07. The van der Waals surface area contributed by atoms with Crippen molar-refractivity contribution in [2.75, 3.05) is 0 Å². The Kier molecular flexibility index (Phi) is 4.03. The molecule has 2 aromatic carbocycles. The number of rotatable bonds is 4. The van der Waals surface area contributed by atoms with Gasteiger partial charge < -0.3 is 9.88 Å². The molecule has 4 rings (SSSR count). The number of benzene rings is 2. The minimum atomic E-state index is -0.685. The van der Waals surface area contributed by atoms with Gasteiger partial charge in [-0.05, 0) is 36.4 Å². The molecule has 0 aliphatic heterocycles. The number of halogens is 2. The van der Waals surface area contributed by atoms with Crippen LogP contribution >= 0.6 is 0 Å². The molecule has 1 aliphatic rings. The molecule has 0 saturated heterocycles. The molecule has 3 aromatic rings. The molecule has 1 fully saturated rings. The Hall–Kier alpha value is -3.02. The molecular weight excluding hydrogens is 338 g/mol. The Morgan fingerprint density at radius 3 is 2.62 bits per heavy atom. The third-order valence-corrected chi connectivity index (χ3v) is 4.59. The number of fused-ring (bicyclic) bond motifs is 1. The number of pyridine rings is 1. The number of amides is 1. The van der Waals surface area contributed by atoms with Gasteiger partial charge in [0.1, 0.15) is 17.3 Å². The molecule has 1 aromatic heterocycles. The maximum absolute atomic E-state index is 14.0. The summed E-state index contributed by atoms with van der Waals surface area (Å²) in [5, 5.41) is 1.18. The van der Waals surface area contributed by atoms with E-state index in [1.807, 2.05) is 0 Å². The van der Waals surface area contributed by atoms with Gasteiger partial charge in [-0.15, -0.1) is 0 Å². The predicted octanol–water partition coefficient (Wildman–Crippen LogP) is 3.61. The third kappa shape index (κ3) is 3.10. The standard InChI is InChI=1S/C20H16F2N2O2/c21-14-6-5-13(17(22)10-14)11-24(15-7-8-15)20(26)18-9-12-3-1-2-4-16(12)19(25)23-18/h1-6,9-10,15H,7-8,11H2,(H,23,25). The van der Waals surface area contributed by atoms with Gasteiger partial charge in [0, 0.05) is 29.6 Å². The highest BCUT2D eigenvalue weighted by Gasteiger charge is 2.34. The smallest absolute Gasteiger partial charge is 0.270 e. The maximum Gasteiger partial charge on any atom is 0.270 e. The van der Waals surface area contributed by atoms with E-state index < -0.39 is 11.6 Å². The number of aromatic nitrogens is 1. The highest BCUT2D eigenvalue weighted by molar-refractivity contribution is 5.96. The molecular formula is C20H16F2N2O2. The van der Waals surface area contributed by atoms with Crippen molar-refractivity contribution in [3.05, 3.63) is 81.8 Å². The van der Waals surface area contributed by atoms with E-state index in [2.05, 4.69) is 4.98 Å². The van der Waals surface area contributed by atoms with Crippen LogP contribution in [0.3, 0.4) is 0 Å². The topological polar surface area (TPSA) is 53.2 Å². The first-order valence-electron chi connectivity index (χ1n) is 8.40. The van der Waals surface area contributed by atoms with E-state index in [1.165, 1.54) is 17.0 Å². The second kappa shape index (κ2) is 6.37. The first-order chi connectivity index (χ1) is 12.5. The summed E-state index contributed by atoms with van der Waals surface area (Å²) in [6, 6.07) is 12.0. The molecule has 1 aliphatic carbocycles. The summed E-state index contributed by atoms with van der Waals surface area (Å²) in [7, 11) is 0. The summed E-state index contributed by atoms with van der Waals surface area (Å²) in [5.41, 5.74) is 0.0769. The molecule has 1 saturated carbocycles. The maximum atomic E-state index is 14.0. The van der Waals surface area contributed by atoms with Gasteiger partial charge in [0.2, 0.25) is 0 Å². The number of aromatic amines is 1. The lowest BCUT2D eigenvalue weighted by Gasteiger charge is -2.23. The summed E-state index contributed by atoms with van der Waals surface area (Å²) < 4.78 is 27.1. The molecule has 1 N–H and O–H groups in total. The van der Waals surface area contributed by atoms with E-state index in [0.29, 0.717) is 10.8 Å². The lowest BCUT2D eigenvalue weighted by molar-refractivity contribution is 0.0722. The van der Waals surface area contributed by atoms with E-state index in [4.69, 9.17) is 0 Å². The van der Waals surface area contributed by atoms with Crippen LogP contribution in [-0.2, 0) is 6.54 Å². The van der Waals surface area contributed by atoms with Crippen molar-refractivity contribution in [3.8, 4) is 0 Å². The second-order valence-corrected chi connectivity index (χ2v) is 6.50. The van der Waals surface area contributed by atoms with Gasteiger partial charge in [0.25, 0.3) is 11.5 Å². The highest BCUT2D eigenvalue weighted by Crippen LogP contribution is 2.30. The summed E-state index contributed by atoms with van der Waals surface area (Å²) >= 11 is 0. The van der Waals surface area contributed by atoms with Crippen molar-refractivity contribution in [2.24, 2.45) is 0 Å². The normalized spacial score (nSPS) is 13.8. The van der Waals surface area contributed by atoms with E-state index in [1.54, 1.807) is 30.3 Å². The van der Waals surface area contributed by atoms with Crippen LogP contribution in [0.1, 0.15) is 28.9 Å². The SMILES string of the molecule is O=C(c1cc2ccccc2c(=O)[nH]1)N(Cc1ccc(F)cc1F)C1CC1. The molecule has 4 nitrogen and oxygen atoms in total. The van der Waals surface area contributed by atoms with Crippen LogP contribution in [-0.4, -0.2) is 21.8 Å². The van der Waals surface area contributed by atoms with Crippen molar-refractivity contribution < 1.29 is 13.6 Å². The highest BCUT2D eigenvalue weighted by atomic mass is 19.1. The fraction of sp³-hybridized carbons (Fsp3) is 0.200. The van der Waals surface area contributed by atoms with Gasteiger partial charge >= 0.3 is 0 Å². The molecule has 26 heavy (non-hydrogen) atoms. The van der Waals surface area contributed by atoms with E-state index >= 15 is 0 Å². The number of nitrogens with one attached hydrogen (secondary N) is 1. The van der Waals surface area contributed by atoms with Crippen LogP contribution in [0.2, 0.25) is 0 Å². The zero-order valence-corrected chi connectivity index (χ0v) is 13.8. The Balaban J connectivity index is 1.69. The molecule has 0 radical (unpaired) electrons. The molecule has 6 heteroatoms. The largest absolute Gasteiger partial charge is 0.330 e. The molecule has 1 heterocycles. The summed E-state index contributed by atoms with van der Waals surface area (Å²) in [6.07, 6.45) is 1.65. The zero-order valence-electron chi connectivity index (χ0n) is 13.8. The summed E-state index contributed by atoms with van der Waals surface area (Å²) in [5.74, 6) is -1.70. The Morgan fingerprint density at radius 1 is 1.12 bits per heavy atom. The number of H-pyrrole nitrogens is 1. The van der Waals surface area contributed by atoms with Gasteiger partial charge in [0.15, 0.2) is 0 Å². The average Bonchev–Trinajstić information content (AvgIpc) is 3.45. The Labute approximate surface area is 148 Å². The van der Waals surface area contributed by atoms with E-state index in [0.717, 1.165) is 18.9 Å². The van der Waals surface area contributed by atoms with Crippen molar-refractivity contribution in [1.29, 1.82) is 0 Å². The van der Waals surface area contributed by atoms with Gasteiger partial charge in [-0.25, -0.2) is 8.78 Å². The van der Waals surface area contributed by atoms with Gasteiger partial charge in [-0.1, -0.05) is 24.3 Å². The predicted molar refractivity (Wildman–Crippen MR) is 93.8 cm³/mol. The minimum absolute atomic E-state index is 0.00178. The van der Waals surface area contributed by atoms with Crippen LogP contribution in [0.4, 0.5) is 8.78 Å². The summed E-state index contributed by atoms with van der Waals surface area (Å²) in [4.78, 5) is 29.4. The first kappa shape index (κ1) is 16.4. The van der Waals surface area contributed by atoms with Crippen molar-refractivity contribution in [2.45, 2.75) is 25.4 Å². The Bertz CT molecular complexity index is 1060. The molecule has 1 amide bonds. The quantitative estimate of drug-likeness (QED) is 0.778. The van der Waals surface area contributed by atoms with Crippen molar-refractivity contribution >= 4 is 16.7 Å². The number of carbonyl (C=O) groups excluding carboxylic acids is 1. The van der Waals surface area contributed by atoms with Crippen LogP contribution in [0.15, 0.2) is 53.3 Å². The van der Waals surface area contributed by atoms with Gasteiger partial charge in [-0.2, -0.15) is 0 Å². The van der Waals surface area contributed by atoms with Crippen molar-refractivity contribution in [3.63, 3.8) is 0 Å². The van der Waals surface area contributed by atoms with Gasteiger partial charge in [0.05, 0.1) is 0 Å². The number of hydrogen-bond donors (Lipinski definition) is 1. The molecule has 0 spiro atoms. The van der Waals surface area contributed by atoms with Crippen LogP contribution in [0.25, 0.3) is 10.8 Å². The summed E-state index contributed by atoms with van der Waals surface area (Å²) in [6.45, 7) is 0.0322. The lowest BCUT2D eigenvalue weighted by Crippen LogP contribution is -2.34. The number of hydrogen-bond acceptors (Lipinski definition) is 2. The van der Waals surface area contributed by atoms with Crippen LogP contribution < -0.4 is 5.56 Å². The Morgan fingerprint density at radius 2 is 1.88 bits per heavy atom. The zero-order chi connectivity index (χ0) is 18.3. The van der Waals surface area contributed by atoms with Crippen molar-refractivity contribution in [1.82, 2.24) is 9.88 Å². The first-order valence-corrected chi connectivity index (χ1v) is 8.40.